The lowest BCUT2D eigenvalue weighted by molar-refractivity contribution is 0.247. The van der Waals surface area contributed by atoms with Crippen LogP contribution in [-0.4, -0.2) is 34.0 Å². The lowest BCUT2D eigenvalue weighted by Crippen LogP contribution is -2.35. The van der Waals surface area contributed by atoms with Gasteiger partial charge in [0.05, 0.1) is 5.69 Å². The van der Waals surface area contributed by atoms with Crippen LogP contribution in [0.4, 0.5) is 0 Å². The summed E-state index contributed by atoms with van der Waals surface area (Å²) in [7, 11) is 0. The number of hydrogen-bond donors (Lipinski definition) is 1. The maximum atomic E-state index is 5.74. The van der Waals surface area contributed by atoms with Crippen LogP contribution in [0.3, 0.4) is 0 Å². The molecule has 1 aromatic heterocycles. The molecule has 16 heavy (non-hydrogen) atoms. The van der Waals surface area contributed by atoms with Crippen LogP contribution >= 0.6 is 24.0 Å². The highest BCUT2D eigenvalue weighted by molar-refractivity contribution is 6.28. The van der Waals surface area contributed by atoms with Crippen LogP contribution < -0.4 is 5.73 Å². The van der Waals surface area contributed by atoms with Crippen molar-refractivity contribution < 1.29 is 0 Å². The highest BCUT2D eigenvalue weighted by atomic mass is 35.5. The third-order valence-corrected chi connectivity index (χ3v) is 3.00. The van der Waals surface area contributed by atoms with Crippen molar-refractivity contribution in [3.8, 4) is 0 Å². The van der Waals surface area contributed by atoms with Gasteiger partial charge in [0.25, 0.3) is 0 Å². The summed E-state index contributed by atoms with van der Waals surface area (Å²) in [4.78, 5) is 10.4. The van der Waals surface area contributed by atoms with E-state index < -0.39 is 0 Å². The minimum Gasteiger partial charge on any atom is -0.329 e. The predicted molar refractivity (Wildman–Crippen MR) is 66.8 cm³/mol. The molecule has 2 rings (SSSR count). The second-order valence-corrected chi connectivity index (χ2v) is 4.16. The summed E-state index contributed by atoms with van der Waals surface area (Å²) < 4.78 is 0. The first kappa shape index (κ1) is 13.6. The van der Waals surface area contributed by atoms with Gasteiger partial charge in [0.1, 0.15) is 0 Å². The Labute approximate surface area is 107 Å². The van der Waals surface area contributed by atoms with Crippen molar-refractivity contribution in [2.24, 2.45) is 5.73 Å². The Hall–Kier alpha value is -0.420. The molecule has 0 amide bonds. The van der Waals surface area contributed by atoms with E-state index in [0.717, 1.165) is 25.3 Å². The van der Waals surface area contributed by atoms with Gasteiger partial charge in [0.2, 0.25) is 5.28 Å². The molecule has 1 unspecified atom stereocenters. The topological polar surface area (TPSA) is 55.0 Å². The van der Waals surface area contributed by atoms with Gasteiger partial charge in [-0.2, -0.15) is 0 Å². The van der Waals surface area contributed by atoms with E-state index in [0.29, 0.717) is 11.3 Å². The standard InChI is InChI=1S/C10H15ClN4.ClH/c11-10-13-4-3-8(14-10)7-15-5-1-2-9(15)6-12;/h3-4,9H,1-2,5-7,12H2;1H. The van der Waals surface area contributed by atoms with Gasteiger partial charge in [-0.05, 0) is 37.1 Å². The maximum Gasteiger partial charge on any atom is 0.222 e. The fraction of sp³-hybridized carbons (Fsp3) is 0.600. The van der Waals surface area contributed by atoms with Crippen molar-refractivity contribution in [1.82, 2.24) is 14.9 Å². The van der Waals surface area contributed by atoms with Crippen LogP contribution in [0.15, 0.2) is 12.3 Å². The van der Waals surface area contributed by atoms with E-state index in [4.69, 9.17) is 17.3 Å². The second-order valence-electron chi connectivity index (χ2n) is 3.82. The molecule has 6 heteroatoms. The van der Waals surface area contributed by atoms with Gasteiger partial charge in [-0.3, -0.25) is 4.90 Å². The van der Waals surface area contributed by atoms with Crippen molar-refractivity contribution in [3.63, 3.8) is 0 Å². The van der Waals surface area contributed by atoms with Crippen molar-refractivity contribution >= 4 is 24.0 Å². The number of rotatable bonds is 3. The lowest BCUT2D eigenvalue weighted by atomic mass is 10.2. The second kappa shape index (κ2) is 6.35. The summed E-state index contributed by atoms with van der Waals surface area (Å²) in [5.74, 6) is 0. The number of aromatic nitrogens is 2. The van der Waals surface area contributed by atoms with E-state index in [1.54, 1.807) is 6.20 Å². The summed E-state index contributed by atoms with van der Waals surface area (Å²) in [5.41, 5.74) is 6.68. The van der Waals surface area contributed by atoms with Crippen molar-refractivity contribution in [2.45, 2.75) is 25.4 Å². The third kappa shape index (κ3) is 3.28. The molecule has 0 aromatic carbocycles. The maximum absolute atomic E-state index is 5.74. The zero-order valence-corrected chi connectivity index (χ0v) is 10.5. The van der Waals surface area contributed by atoms with Gasteiger partial charge < -0.3 is 5.73 Å². The molecule has 2 N–H and O–H groups in total. The summed E-state index contributed by atoms with van der Waals surface area (Å²) in [6.07, 6.45) is 4.11. The van der Waals surface area contributed by atoms with E-state index in [9.17, 15) is 0 Å². The van der Waals surface area contributed by atoms with Crippen LogP contribution in [0, 0.1) is 0 Å². The van der Waals surface area contributed by atoms with Crippen LogP contribution in [0.2, 0.25) is 5.28 Å². The average molecular weight is 263 g/mol. The number of halogens is 2. The fourth-order valence-corrected chi connectivity index (χ4v) is 2.20. The molecule has 1 aromatic rings. The molecule has 2 heterocycles. The van der Waals surface area contributed by atoms with Crippen LogP contribution in [-0.2, 0) is 6.54 Å². The first-order valence-electron chi connectivity index (χ1n) is 5.21. The Morgan fingerprint density at radius 1 is 1.56 bits per heavy atom. The normalized spacial score (nSPS) is 20.8. The summed E-state index contributed by atoms with van der Waals surface area (Å²) in [6, 6.07) is 2.40. The molecule has 1 saturated heterocycles. The largest absolute Gasteiger partial charge is 0.329 e. The predicted octanol–water partition coefficient (Wildman–Crippen LogP) is 1.47. The summed E-state index contributed by atoms with van der Waals surface area (Å²) in [5, 5.41) is 0.316. The molecule has 0 spiro atoms. The molecule has 1 fully saturated rings. The fourth-order valence-electron chi connectivity index (χ4n) is 2.04. The Kier molecular flexibility index (Phi) is 5.41. The van der Waals surface area contributed by atoms with Crippen molar-refractivity contribution in [2.75, 3.05) is 13.1 Å². The molecule has 1 aliphatic heterocycles. The highest BCUT2D eigenvalue weighted by Gasteiger charge is 2.23. The molecule has 90 valence electrons. The van der Waals surface area contributed by atoms with Gasteiger partial charge in [-0.1, -0.05) is 0 Å². The molecular formula is C10H16Cl2N4. The summed E-state index contributed by atoms with van der Waals surface area (Å²) in [6.45, 7) is 2.65. The summed E-state index contributed by atoms with van der Waals surface area (Å²) >= 11 is 5.74. The van der Waals surface area contributed by atoms with Gasteiger partial charge in [0, 0.05) is 25.3 Å². The first-order valence-corrected chi connectivity index (χ1v) is 5.59. The molecule has 1 aliphatic rings. The highest BCUT2D eigenvalue weighted by Crippen LogP contribution is 2.18. The lowest BCUT2D eigenvalue weighted by Gasteiger charge is -2.22. The smallest absolute Gasteiger partial charge is 0.222 e. The Morgan fingerprint density at radius 3 is 3.06 bits per heavy atom. The quantitative estimate of drug-likeness (QED) is 0.839. The van der Waals surface area contributed by atoms with E-state index in [1.807, 2.05) is 6.07 Å². The molecular weight excluding hydrogens is 247 g/mol. The van der Waals surface area contributed by atoms with Crippen LogP contribution in [0.5, 0.6) is 0 Å². The van der Waals surface area contributed by atoms with Gasteiger partial charge in [-0.25, -0.2) is 9.97 Å². The molecule has 0 radical (unpaired) electrons. The monoisotopic (exact) mass is 262 g/mol. The SMILES string of the molecule is Cl.NCC1CCCN1Cc1ccnc(Cl)n1. The number of nitrogens with zero attached hydrogens (tertiary/aromatic N) is 3. The molecule has 0 saturated carbocycles. The average Bonchev–Trinajstić information content (AvgIpc) is 2.65. The molecule has 4 nitrogen and oxygen atoms in total. The van der Waals surface area contributed by atoms with E-state index >= 15 is 0 Å². The molecule has 1 atom stereocenters. The first-order chi connectivity index (χ1) is 7.29. The minimum atomic E-state index is 0. The number of hydrogen-bond acceptors (Lipinski definition) is 4. The Morgan fingerprint density at radius 2 is 2.38 bits per heavy atom. The minimum absolute atomic E-state index is 0. The van der Waals surface area contributed by atoms with Gasteiger partial charge >= 0.3 is 0 Å². The number of likely N-dealkylation sites (tertiary alicyclic amines) is 1. The van der Waals surface area contributed by atoms with E-state index in [2.05, 4.69) is 14.9 Å². The van der Waals surface area contributed by atoms with E-state index in [1.165, 1.54) is 12.8 Å². The van der Waals surface area contributed by atoms with Gasteiger partial charge in [0.15, 0.2) is 0 Å². The van der Waals surface area contributed by atoms with Gasteiger partial charge in [-0.15, -0.1) is 12.4 Å². The zero-order chi connectivity index (χ0) is 10.7. The van der Waals surface area contributed by atoms with E-state index in [-0.39, 0.29) is 12.4 Å². The van der Waals surface area contributed by atoms with Crippen LogP contribution in [0.1, 0.15) is 18.5 Å². The van der Waals surface area contributed by atoms with Crippen molar-refractivity contribution in [3.05, 3.63) is 23.2 Å². The zero-order valence-electron chi connectivity index (χ0n) is 8.97. The Bertz CT molecular complexity index is 334. The van der Waals surface area contributed by atoms with Crippen molar-refractivity contribution in [1.29, 1.82) is 0 Å². The third-order valence-electron chi connectivity index (χ3n) is 2.82. The molecule has 0 bridgehead atoms. The number of nitrogens with two attached hydrogens (primary N) is 1. The van der Waals surface area contributed by atoms with Crippen LogP contribution in [0.25, 0.3) is 0 Å². The Balaban J connectivity index is 0.00000128. The molecule has 0 aliphatic carbocycles.